The number of carbonyl (C=O) groups excluding carboxylic acids is 2. The lowest BCUT2D eigenvalue weighted by Gasteiger charge is -2.19. The third-order valence-electron chi connectivity index (χ3n) is 3.78. The molecule has 6 heteroatoms. The maximum atomic E-state index is 11.9. The summed E-state index contributed by atoms with van der Waals surface area (Å²) in [6.07, 6.45) is -0.0912. The Balaban J connectivity index is 1.86. The molecule has 0 bridgehead atoms. The van der Waals surface area contributed by atoms with Crippen molar-refractivity contribution in [2.45, 2.75) is 32.6 Å². The monoisotopic (exact) mass is 393 g/mol. The standard InChI is InChI=1S/C20H21Cl2NO3/c1-20(2,3)13-7-9-14(10-8-13)23-18(24)12-26-19(25)11-15-16(21)5-4-6-17(15)22/h4-10H,11-12H2,1-3H3,(H,23,24). The number of anilines is 1. The van der Waals surface area contributed by atoms with E-state index in [1.807, 2.05) is 24.3 Å². The Hall–Kier alpha value is -2.04. The van der Waals surface area contributed by atoms with Gasteiger partial charge in [-0.15, -0.1) is 0 Å². The molecular weight excluding hydrogens is 373 g/mol. The van der Waals surface area contributed by atoms with E-state index in [0.29, 0.717) is 21.3 Å². The maximum Gasteiger partial charge on any atom is 0.310 e. The first kappa shape index (κ1) is 20.3. The molecule has 2 aromatic carbocycles. The quantitative estimate of drug-likeness (QED) is 0.725. The number of nitrogens with one attached hydrogen (secondary N) is 1. The van der Waals surface area contributed by atoms with Crippen LogP contribution in [0.1, 0.15) is 31.9 Å². The van der Waals surface area contributed by atoms with E-state index in [2.05, 4.69) is 26.1 Å². The number of hydrogen-bond donors (Lipinski definition) is 1. The van der Waals surface area contributed by atoms with E-state index in [1.54, 1.807) is 18.2 Å². The van der Waals surface area contributed by atoms with Gasteiger partial charge in [-0.1, -0.05) is 62.2 Å². The van der Waals surface area contributed by atoms with Crippen molar-refractivity contribution >= 4 is 40.8 Å². The van der Waals surface area contributed by atoms with Crippen LogP contribution in [0.2, 0.25) is 10.0 Å². The molecule has 138 valence electrons. The minimum Gasteiger partial charge on any atom is -0.455 e. The van der Waals surface area contributed by atoms with Crippen LogP contribution in [0.5, 0.6) is 0 Å². The van der Waals surface area contributed by atoms with Crippen LogP contribution in [0.3, 0.4) is 0 Å². The highest BCUT2D eigenvalue weighted by Crippen LogP contribution is 2.25. The zero-order valence-corrected chi connectivity index (χ0v) is 16.4. The topological polar surface area (TPSA) is 55.4 Å². The van der Waals surface area contributed by atoms with Crippen molar-refractivity contribution in [1.82, 2.24) is 0 Å². The van der Waals surface area contributed by atoms with E-state index in [0.717, 1.165) is 0 Å². The number of benzene rings is 2. The van der Waals surface area contributed by atoms with E-state index >= 15 is 0 Å². The van der Waals surface area contributed by atoms with Gasteiger partial charge in [-0.05, 0) is 35.2 Å². The van der Waals surface area contributed by atoms with Crippen LogP contribution in [-0.4, -0.2) is 18.5 Å². The van der Waals surface area contributed by atoms with Gasteiger partial charge in [-0.2, -0.15) is 0 Å². The van der Waals surface area contributed by atoms with Gasteiger partial charge in [-0.3, -0.25) is 9.59 Å². The molecule has 0 saturated heterocycles. The van der Waals surface area contributed by atoms with Crippen molar-refractivity contribution in [3.8, 4) is 0 Å². The van der Waals surface area contributed by atoms with Crippen molar-refractivity contribution in [3.05, 3.63) is 63.6 Å². The summed E-state index contributed by atoms with van der Waals surface area (Å²) in [5, 5.41) is 3.47. The third kappa shape index (κ3) is 5.75. The average molecular weight is 394 g/mol. The Morgan fingerprint density at radius 1 is 1.00 bits per heavy atom. The lowest BCUT2D eigenvalue weighted by atomic mass is 9.87. The van der Waals surface area contributed by atoms with Crippen molar-refractivity contribution in [1.29, 1.82) is 0 Å². The second-order valence-electron chi connectivity index (χ2n) is 6.91. The van der Waals surface area contributed by atoms with E-state index in [4.69, 9.17) is 27.9 Å². The molecule has 0 aliphatic rings. The molecular formula is C20H21Cl2NO3. The van der Waals surface area contributed by atoms with Crippen LogP contribution in [0.15, 0.2) is 42.5 Å². The second-order valence-corrected chi connectivity index (χ2v) is 7.73. The number of esters is 1. The van der Waals surface area contributed by atoms with Gasteiger partial charge in [0, 0.05) is 21.3 Å². The first-order chi connectivity index (χ1) is 12.2. The fourth-order valence-corrected chi connectivity index (χ4v) is 2.82. The second kappa shape index (κ2) is 8.56. The number of halogens is 2. The number of hydrogen-bond acceptors (Lipinski definition) is 3. The Morgan fingerprint density at radius 3 is 2.12 bits per heavy atom. The molecule has 0 heterocycles. The molecule has 4 nitrogen and oxygen atoms in total. The maximum absolute atomic E-state index is 11.9. The molecule has 0 spiro atoms. The number of carbonyl (C=O) groups is 2. The van der Waals surface area contributed by atoms with Crippen LogP contribution in [0.25, 0.3) is 0 Å². The predicted octanol–water partition coefficient (Wildman–Crippen LogP) is 5.02. The molecule has 26 heavy (non-hydrogen) atoms. The zero-order valence-electron chi connectivity index (χ0n) is 14.9. The summed E-state index contributed by atoms with van der Waals surface area (Å²) in [6.45, 7) is 5.98. The number of amides is 1. The Bertz CT molecular complexity index is 775. The molecule has 0 aromatic heterocycles. The summed E-state index contributed by atoms with van der Waals surface area (Å²) in [5.41, 5.74) is 2.34. The highest BCUT2D eigenvalue weighted by Gasteiger charge is 2.15. The lowest BCUT2D eigenvalue weighted by Crippen LogP contribution is -2.22. The largest absolute Gasteiger partial charge is 0.455 e. The van der Waals surface area contributed by atoms with Crippen LogP contribution in [0, 0.1) is 0 Å². The van der Waals surface area contributed by atoms with Crippen LogP contribution in [-0.2, 0) is 26.2 Å². The summed E-state index contributed by atoms with van der Waals surface area (Å²) in [4.78, 5) is 23.9. The molecule has 0 aliphatic heterocycles. The van der Waals surface area contributed by atoms with Gasteiger partial charge in [0.15, 0.2) is 6.61 Å². The van der Waals surface area contributed by atoms with Gasteiger partial charge >= 0.3 is 5.97 Å². The van der Waals surface area contributed by atoms with E-state index < -0.39 is 11.9 Å². The molecule has 0 fully saturated rings. The summed E-state index contributed by atoms with van der Waals surface area (Å²) in [5.74, 6) is -0.981. The summed E-state index contributed by atoms with van der Waals surface area (Å²) in [7, 11) is 0. The van der Waals surface area contributed by atoms with Crippen molar-refractivity contribution in [2.24, 2.45) is 0 Å². The van der Waals surface area contributed by atoms with Crippen LogP contribution >= 0.6 is 23.2 Å². The first-order valence-corrected chi connectivity index (χ1v) is 8.91. The first-order valence-electron chi connectivity index (χ1n) is 8.16. The van der Waals surface area contributed by atoms with Gasteiger partial charge in [0.1, 0.15) is 0 Å². The van der Waals surface area contributed by atoms with Crippen LogP contribution in [0.4, 0.5) is 5.69 Å². The van der Waals surface area contributed by atoms with Gasteiger partial charge < -0.3 is 10.1 Å². The van der Waals surface area contributed by atoms with E-state index in [9.17, 15) is 9.59 Å². The van der Waals surface area contributed by atoms with Gasteiger partial charge in [0.25, 0.3) is 5.91 Å². The molecule has 0 atom stereocenters. The van der Waals surface area contributed by atoms with Crippen LogP contribution < -0.4 is 5.32 Å². The van der Waals surface area contributed by atoms with Gasteiger partial charge in [0.05, 0.1) is 6.42 Å². The van der Waals surface area contributed by atoms with Crippen molar-refractivity contribution < 1.29 is 14.3 Å². The molecule has 2 rings (SSSR count). The summed E-state index contributed by atoms with van der Waals surface area (Å²) >= 11 is 12.0. The zero-order chi connectivity index (χ0) is 19.3. The Kier molecular flexibility index (Phi) is 6.68. The molecule has 0 unspecified atom stereocenters. The minimum absolute atomic E-state index is 0.0397. The Morgan fingerprint density at radius 2 is 1.58 bits per heavy atom. The fourth-order valence-electron chi connectivity index (χ4n) is 2.29. The van der Waals surface area contributed by atoms with Crippen molar-refractivity contribution in [2.75, 3.05) is 11.9 Å². The van der Waals surface area contributed by atoms with Gasteiger partial charge in [0.2, 0.25) is 0 Å². The lowest BCUT2D eigenvalue weighted by molar-refractivity contribution is -0.146. The third-order valence-corrected chi connectivity index (χ3v) is 4.49. The van der Waals surface area contributed by atoms with E-state index in [-0.39, 0.29) is 18.4 Å². The normalized spacial score (nSPS) is 11.1. The smallest absolute Gasteiger partial charge is 0.310 e. The summed E-state index contributed by atoms with van der Waals surface area (Å²) in [6, 6.07) is 12.5. The van der Waals surface area contributed by atoms with E-state index in [1.165, 1.54) is 5.56 Å². The fraction of sp³-hybridized carbons (Fsp3) is 0.300. The van der Waals surface area contributed by atoms with Crippen molar-refractivity contribution in [3.63, 3.8) is 0 Å². The molecule has 1 amide bonds. The highest BCUT2D eigenvalue weighted by molar-refractivity contribution is 6.36. The molecule has 0 radical (unpaired) electrons. The molecule has 0 saturated carbocycles. The van der Waals surface area contributed by atoms with Gasteiger partial charge in [-0.25, -0.2) is 0 Å². The molecule has 1 N–H and O–H groups in total. The number of ether oxygens (including phenoxy) is 1. The Labute approximate surface area is 163 Å². The molecule has 2 aromatic rings. The minimum atomic E-state index is -0.571. The highest BCUT2D eigenvalue weighted by atomic mass is 35.5. The average Bonchev–Trinajstić information content (AvgIpc) is 2.56. The SMILES string of the molecule is CC(C)(C)c1ccc(NC(=O)COC(=O)Cc2c(Cl)cccc2Cl)cc1. The number of rotatable bonds is 5. The molecule has 0 aliphatic carbocycles. The summed E-state index contributed by atoms with van der Waals surface area (Å²) < 4.78 is 5.00. The predicted molar refractivity (Wildman–Crippen MR) is 105 cm³/mol.